The van der Waals surface area contributed by atoms with E-state index in [1.54, 1.807) is 18.2 Å². The third-order valence-electron chi connectivity index (χ3n) is 4.16. The van der Waals surface area contributed by atoms with Crippen molar-refractivity contribution in [1.29, 1.82) is 0 Å². The lowest BCUT2D eigenvalue weighted by Crippen LogP contribution is -2.37. The fraction of sp³-hybridized carbons (Fsp3) is 0.421. The van der Waals surface area contributed by atoms with Crippen molar-refractivity contribution in [2.24, 2.45) is 0 Å². The Labute approximate surface area is 179 Å². The molecule has 1 saturated heterocycles. The third-order valence-corrected chi connectivity index (χ3v) is 4.69. The first-order valence-corrected chi connectivity index (χ1v) is 10.0. The van der Waals surface area contributed by atoms with Crippen LogP contribution >= 0.6 is 23.2 Å². The van der Waals surface area contributed by atoms with Gasteiger partial charge in [-0.05, 0) is 25.1 Å². The predicted octanol–water partition coefficient (Wildman–Crippen LogP) is 2.54. The summed E-state index contributed by atoms with van der Waals surface area (Å²) in [5, 5.41) is 6.77. The zero-order chi connectivity index (χ0) is 20.6. The van der Waals surface area contributed by atoms with Crippen molar-refractivity contribution in [2.75, 3.05) is 56.2 Å². The van der Waals surface area contributed by atoms with Crippen molar-refractivity contribution in [2.45, 2.75) is 6.92 Å². The Bertz CT molecular complexity index is 847. The number of nitrogens with zero attached hydrogens (tertiary/aromatic N) is 3. The quantitative estimate of drug-likeness (QED) is 0.610. The van der Waals surface area contributed by atoms with E-state index >= 15 is 0 Å². The molecule has 0 atom stereocenters. The summed E-state index contributed by atoms with van der Waals surface area (Å²) in [6.45, 7) is 5.69. The molecule has 0 radical (unpaired) electrons. The number of aryl methyl sites for hydroxylation is 1. The SMILES string of the molecule is Cc1cc(N2CCOCC2)nc(NCCNC(=O)COc2ccc(Cl)cc2Cl)n1. The number of halogens is 2. The van der Waals surface area contributed by atoms with Crippen molar-refractivity contribution < 1.29 is 14.3 Å². The number of morpholine rings is 1. The lowest BCUT2D eigenvalue weighted by molar-refractivity contribution is -0.123. The molecule has 1 fully saturated rings. The molecule has 29 heavy (non-hydrogen) atoms. The van der Waals surface area contributed by atoms with Gasteiger partial charge in [0.1, 0.15) is 11.6 Å². The largest absolute Gasteiger partial charge is 0.482 e. The van der Waals surface area contributed by atoms with E-state index < -0.39 is 0 Å². The van der Waals surface area contributed by atoms with E-state index in [-0.39, 0.29) is 12.5 Å². The zero-order valence-electron chi connectivity index (χ0n) is 16.1. The van der Waals surface area contributed by atoms with Gasteiger partial charge in [0.05, 0.1) is 18.2 Å². The Hall–Kier alpha value is -2.29. The van der Waals surface area contributed by atoms with Gasteiger partial charge in [0.2, 0.25) is 5.95 Å². The molecule has 3 rings (SSSR count). The first kappa shape index (κ1) is 21.4. The minimum Gasteiger partial charge on any atom is -0.482 e. The Kier molecular flexibility index (Phi) is 7.74. The molecule has 2 heterocycles. The van der Waals surface area contributed by atoms with Crippen LogP contribution in [0.1, 0.15) is 5.69 Å². The first-order valence-electron chi connectivity index (χ1n) is 9.28. The van der Waals surface area contributed by atoms with Crippen molar-refractivity contribution in [3.63, 3.8) is 0 Å². The number of rotatable bonds is 8. The van der Waals surface area contributed by atoms with Gasteiger partial charge in [0.15, 0.2) is 6.61 Å². The van der Waals surface area contributed by atoms with Crippen LogP contribution in [0, 0.1) is 6.92 Å². The standard InChI is InChI=1S/C19H23Cl2N5O3/c1-13-10-17(26-6-8-28-9-7-26)25-19(24-13)23-5-4-22-18(27)12-29-16-3-2-14(20)11-15(16)21/h2-3,10-11H,4-9,12H2,1H3,(H,22,27)(H,23,24,25). The van der Waals surface area contributed by atoms with Crippen molar-refractivity contribution >= 4 is 40.9 Å². The highest BCUT2D eigenvalue weighted by Crippen LogP contribution is 2.27. The minimum atomic E-state index is -0.253. The second kappa shape index (κ2) is 10.5. The van der Waals surface area contributed by atoms with E-state index in [4.69, 9.17) is 32.7 Å². The van der Waals surface area contributed by atoms with Crippen LogP contribution in [0.5, 0.6) is 5.75 Å². The minimum absolute atomic E-state index is 0.135. The van der Waals surface area contributed by atoms with Gasteiger partial charge in [0, 0.05) is 43.0 Å². The number of hydrogen-bond donors (Lipinski definition) is 2. The van der Waals surface area contributed by atoms with E-state index in [0.29, 0.717) is 48.0 Å². The molecule has 1 amide bonds. The Morgan fingerprint density at radius 1 is 1.21 bits per heavy atom. The van der Waals surface area contributed by atoms with Crippen molar-refractivity contribution in [1.82, 2.24) is 15.3 Å². The smallest absolute Gasteiger partial charge is 0.258 e. The molecule has 0 unspecified atom stereocenters. The van der Waals surface area contributed by atoms with E-state index in [9.17, 15) is 4.79 Å². The van der Waals surface area contributed by atoms with Crippen molar-refractivity contribution in [3.8, 4) is 5.75 Å². The molecule has 1 aromatic carbocycles. The monoisotopic (exact) mass is 439 g/mol. The summed E-state index contributed by atoms with van der Waals surface area (Å²) in [5.41, 5.74) is 0.876. The van der Waals surface area contributed by atoms with Gasteiger partial charge in [-0.25, -0.2) is 4.98 Å². The van der Waals surface area contributed by atoms with E-state index in [1.807, 2.05) is 13.0 Å². The van der Waals surface area contributed by atoms with Crippen LogP contribution < -0.4 is 20.3 Å². The van der Waals surface area contributed by atoms with Gasteiger partial charge in [-0.1, -0.05) is 23.2 Å². The average molecular weight is 440 g/mol. The molecule has 156 valence electrons. The third kappa shape index (κ3) is 6.62. The van der Waals surface area contributed by atoms with Crippen LogP contribution in [0.4, 0.5) is 11.8 Å². The van der Waals surface area contributed by atoms with Crippen LogP contribution in [0.15, 0.2) is 24.3 Å². The van der Waals surface area contributed by atoms with Crippen molar-refractivity contribution in [3.05, 3.63) is 40.0 Å². The topological polar surface area (TPSA) is 88.6 Å². The summed E-state index contributed by atoms with van der Waals surface area (Å²) in [6, 6.07) is 6.79. The molecule has 1 aliphatic heterocycles. The van der Waals surface area contributed by atoms with Crippen LogP contribution in [0.25, 0.3) is 0 Å². The molecular weight excluding hydrogens is 417 g/mol. The van der Waals surface area contributed by atoms with Gasteiger partial charge >= 0.3 is 0 Å². The molecule has 8 nitrogen and oxygen atoms in total. The molecule has 0 aliphatic carbocycles. The number of ether oxygens (including phenoxy) is 2. The second-order valence-corrected chi connectivity index (χ2v) is 7.27. The molecule has 10 heteroatoms. The number of carbonyl (C=O) groups excluding carboxylic acids is 1. The first-order chi connectivity index (χ1) is 14.0. The van der Waals surface area contributed by atoms with E-state index in [1.165, 1.54) is 0 Å². The highest BCUT2D eigenvalue weighted by Gasteiger charge is 2.14. The number of benzene rings is 1. The fourth-order valence-corrected chi connectivity index (χ4v) is 3.21. The highest BCUT2D eigenvalue weighted by atomic mass is 35.5. The molecule has 1 aliphatic rings. The summed E-state index contributed by atoms with van der Waals surface area (Å²) in [7, 11) is 0. The number of anilines is 2. The summed E-state index contributed by atoms with van der Waals surface area (Å²) >= 11 is 11.8. The van der Waals surface area contributed by atoms with Crippen LogP contribution in [0.2, 0.25) is 10.0 Å². The molecule has 0 spiro atoms. The Morgan fingerprint density at radius 3 is 2.76 bits per heavy atom. The molecule has 0 bridgehead atoms. The lowest BCUT2D eigenvalue weighted by Gasteiger charge is -2.28. The predicted molar refractivity (Wildman–Crippen MR) is 113 cm³/mol. The Morgan fingerprint density at radius 2 is 2.00 bits per heavy atom. The summed E-state index contributed by atoms with van der Waals surface area (Å²) < 4.78 is 10.8. The van der Waals surface area contributed by atoms with Gasteiger partial charge in [-0.2, -0.15) is 4.98 Å². The van der Waals surface area contributed by atoms with E-state index in [0.717, 1.165) is 24.6 Å². The van der Waals surface area contributed by atoms with Gasteiger partial charge in [0.25, 0.3) is 5.91 Å². The normalized spacial score (nSPS) is 13.8. The fourth-order valence-electron chi connectivity index (χ4n) is 2.75. The molecular formula is C19H23Cl2N5O3. The maximum absolute atomic E-state index is 11.9. The maximum Gasteiger partial charge on any atom is 0.258 e. The number of nitrogens with one attached hydrogen (secondary N) is 2. The summed E-state index contributed by atoms with van der Waals surface area (Å²) in [6.07, 6.45) is 0. The van der Waals surface area contributed by atoms with Gasteiger partial charge in [-0.15, -0.1) is 0 Å². The van der Waals surface area contributed by atoms with Gasteiger partial charge in [-0.3, -0.25) is 4.79 Å². The highest BCUT2D eigenvalue weighted by molar-refractivity contribution is 6.35. The van der Waals surface area contributed by atoms with Crippen LogP contribution in [0.3, 0.4) is 0 Å². The lowest BCUT2D eigenvalue weighted by atomic mass is 10.3. The van der Waals surface area contributed by atoms with E-state index in [2.05, 4.69) is 25.5 Å². The maximum atomic E-state index is 11.9. The number of carbonyl (C=O) groups is 1. The second-order valence-electron chi connectivity index (χ2n) is 6.43. The molecule has 1 aromatic heterocycles. The Balaban J connectivity index is 1.41. The van der Waals surface area contributed by atoms with Crippen LogP contribution in [-0.2, 0) is 9.53 Å². The number of aromatic nitrogens is 2. The summed E-state index contributed by atoms with van der Waals surface area (Å²) in [4.78, 5) is 23.1. The zero-order valence-corrected chi connectivity index (χ0v) is 17.6. The number of hydrogen-bond acceptors (Lipinski definition) is 7. The summed E-state index contributed by atoms with van der Waals surface area (Å²) in [5.74, 6) is 1.57. The molecule has 2 N–H and O–H groups in total. The van der Waals surface area contributed by atoms with Crippen LogP contribution in [-0.4, -0.2) is 61.9 Å². The average Bonchev–Trinajstić information content (AvgIpc) is 2.71. The van der Waals surface area contributed by atoms with Gasteiger partial charge < -0.3 is 25.0 Å². The molecule has 0 saturated carbocycles. The number of amides is 1. The molecule has 2 aromatic rings.